The lowest BCUT2D eigenvalue weighted by Crippen LogP contribution is -2.13. The van der Waals surface area contributed by atoms with Crippen molar-refractivity contribution in [1.29, 1.82) is 0 Å². The van der Waals surface area contributed by atoms with Gasteiger partial charge in [-0.05, 0) is 61.4 Å². The van der Waals surface area contributed by atoms with Crippen LogP contribution in [0, 0.1) is 13.8 Å². The molecule has 2 aromatic heterocycles. The van der Waals surface area contributed by atoms with Gasteiger partial charge in [0.15, 0.2) is 0 Å². The molecule has 134 valence electrons. The fourth-order valence-corrected chi connectivity index (χ4v) is 3.01. The fraction of sp³-hybridized carbons (Fsp3) is 0.0952. The van der Waals surface area contributed by atoms with Gasteiger partial charge in [0, 0.05) is 35.1 Å². The maximum atomic E-state index is 12.7. The van der Waals surface area contributed by atoms with Crippen LogP contribution in [0.15, 0.2) is 70.1 Å². The Labute approximate surface area is 155 Å². The van der Waals surface area contributed by atoms with Crippen molar-refractivity contribution in [3.63, 3.8) is 0 Å². The molecular formula is C21H17N3O3. The predicted molar refractivity (Wildman–Crippen MR) is 103 cm³/mol. The molecule has 4 aromatic rings. The van der Waals surface area contributed by atoms with Gasteiger partial charge in [-0.15, -0.1) is 0 Å². The summed E-state index contributed by atoms with van der Waals surface area (Å²) in [7, 11) is 0. The highest BCUT2D eigenvalue weighted by molar-refractivity contribution is 6.06. The maximum Gasteiger partial charge on any atom is 0.336 e. The van der Waals surface area contributed by atoms with Crippen LogP contribution in [-0.2, 0) is 0 Å². The third kappa shape index (κ3) is 3.25. The number of benzene rings is 2. The Morgan fingerprint density at radius 2 is 1.93 bits per heavy atom. The standard InChI is InChI=1S/C21H17N3O3/c1-13-10-20(25)27-19-9-14(2)18(12-17(13)19)23-21(26)15-5-3-6-16(11-15)24-8-4-7-22-24/h3-12H,1-2H3,(H,23,26). The Balaban J connectivity index is 1.68. The molecule has 0 unspecified atom stereocenters. The quantitative estimate of drug-likeness (QED) is 0.564. The van der Waals surface area contributed by atoms with E-state index in [4.69, 9.17) is 4.42 Å². The third-order valence-electron chi connectivity index (χ3n) is 4.42. The van der Waals surface area contributed by atoms with Gasteiger partial charge < -0.3 is 9.73 Å². The molecule has 2 aromatic carbocycles. The molecule has 6 nitrogen and oxygen atoms in total. The highest BCUT2D eigenvalue weighted by Gasteiger charge is 2.12. The predicted octanol–water partition coefficient (Wildman–Crippen LogP) is 3.85. The lowest BCUT2D eigenvalue weighted by molar-refractivity contribution is 0.102. The molecule has 0 radical (unpaired) electrons. The van der Waals surface area contributed by atoms with Crippen LogP contribution in [0.5, 0.6) is 0 Å². The summed E-state index contributed by atoms with van der Waals surface area (Å²) in [4.78, 5) is 24.3. The van der Waals surface area contributed by atoms with E-state index in [9.17, 15) is 9.59 Å². The van der Waals surface area contributed by atoms with Crippen molar-refractivity contribution in [2.45, 2.75) is 13.8 Å². The van der Waals surface area contributed by atoms with Gasteiger partial charge in [-0.1, -0.05) is 6.07 Å². The second kappa shape index (κ2) is 6.57. The van der Waals surface area contributed by atoms with Crippen LogP contribution in [0.1, 0.15) is 21.5 Å². The molecule has 27 heavy (non-hydrogen) atoms. The van der Waals surface area contributed by atoms with E-state index in [0.29, 0.717) is 16.8 Å². The fourth-order valence-electron chi connectivity index (χ4n) is 3.01. The Morgan fingerprint density at radius 1 is 1.07 bits per heavy atom. The number of amides is 1. The molecule has 4 rings (SSSR count). The second-order valence-corrected chi connectivity index (χ2v) is 6.37. The third-order valence-corrected chi connectivity index (χ3v) is 4.42. The molecule has 0 aliphatic heterocycles. The Hall–Kier alpha value is -3.67. The van der Waals surface area contributed by atoms with Gasteiger partial charge >= 0.3 is 5.63 Å². The van der Waals surface area contributed by atoms with Crippen molar-refractivity contribution < 1.29 is 9.21 Å². The van der Waals surface area contributed by atoms with Crippen LogP contribution >= 0.6 is 0 Å². The van der Waals surface area contributed by atoms with E-state index >= 15 is 0 Å². The van der Waals surface area contributed by atoms with Crippen molar-refractivity contribution >= 4 is 22.6 Å². The van der Waals surface area contributed by atoms with E-state index in [2.05, 4.69) is 10.4 Å². The van der Waals surface area contributed by atoms with Crippen molar-refractivity contribution in [2.75, 3.05) is 5.32 Å². The SMILES string of the molecule is Cc1cc2oc(=O)cc(C)c2cc1NC(=O)c1cccc(-n2cccn2)c1. The minimum atomic E-state index is -0.383. The first-order chi connectivity index (χ1) is 13.0. The molecule has 6 heteroatoms. The molecule has 0 atom stereocenters. The van der Waals surface area contributed by atoms with Crippen LogP contribution in [0.2, 0.25) is 0 Å². The highest BCUT2D eigenvalue weighted by Crippen LogP contribution is 2.25. The van der Waals surface area contributed by atoms with Crippen LogP contribution in [-0.4, -0.2) is 15.7 Å². The van der Waals surface area contributed by atoms with Gasteiger partial charge in [-0.2, -0.15) is 5.10 Å². The molecule has 0 saturated carbocycles. The monoisotopic (exact) mass is 359 g/mol. The van der Waals surface area contributed by atoms with E-state index in [0.717, 1.165) is 22.2 Å². The number of rotatable bonds is 3. The second-order valence-electron chi connectivity index (χ2n) is 6.37. The van der Waals surface area contributed by atoms with Gasteiger partial charge in [-0.3, -0.25) is 4.79 Å². The molecule has 2 heterocycles. The minimum absolute atomic E-state index is 0.221. The first-order valence-corrected chi connectivity index (χ1v) is 8.48. The van der Waals surface area contributed by atoms with Gasteiger partial charge in [0.1, 0.15) is 5.58 Å². The van der Waals surface area contributed by atoms with Gasteiger partial charge in [0.05, 0.1) is 5.69 Å². The summed E-state index contributed by atoms with van der Waals surface area (Å²) in [6.45, 7) is 3.70. The smallest absolute Gasteiger partial charge is 0.336 e. The zero-order valence-corrected chi connectivity index (χ0v) is 14.9. The zero-order chi connectivity index (χ0) is 19.0. The van der Waals surface area contributed by atoms with E-state index in [1.54, 1.807) is 29.1 Å². The van der Waals surface area contributed by atoms with Crippen LogP contribution in [0.4, 0.5) is 5.69 Å². The van der Waals surface area contributed by atoms with Gasteiger partial charge in [0.25, 0.3) is 5.91 Å². The summed E-state index contributed by atoms with van der Waals surface area (Å²) >= 11 is 0. The van der Waals surface area contributed by atoms with Gasteiger partial charge in [0.2, 0.25) is 0 Å². The Morgan fingerprint density at radius 3 is 2.70 bits per heavy atom. The van der Waals surface area contributed by atoms with E-state index in [1.807, 2.05) is 44.3 Å². The number of carbonyl (C=O) groups excluding carboxylic acids is 1. The van der Waals surface area contributed by atoms with E-state index in [1.165, 1.54) is 6.07 Å². The van der Waals surface area contributed by atoms with Crippen LogP contribution in [0.25, 0.3) is 16.7 Å². The number of hydrogen-bond acceptors (Lipinski definition) is 4. The average Bonchev–Trinajstić information content (AvgIpc) is 3.17. The summed E-state index contributed by atoms with van der Waals surface area (Å²) in [6, 6.07) is 14.1. The van der Waals surface area contributed by atoms with Crippen LogP contribution in [0.3, 0.4) is 0 Å². The molecule has 1 N–H and O–H groups in total. The number of nitrogens with zero attached hydrogens (tertiary/aromatic N) is 2. The number of anilines is 1. The summed E-state index contributed by atoms with van der Waals surface area (Å²) in [5.41, 5.74) is 3.75. The first kappa shape index (κ1) is 16.8. The van der Waals surface area contributed by atoms with E-state index in [-0.39, 0.29) is 11.5 Å². The van der Waals surface area contributed by atoms with Crippen molar-refractivity contribution in [2.24, 2.45) is 0 Å². The largest absolute Gasteiger partial charge is 0.423 e. The molecule has 0 aliphatic rings. The number of aryl methyl sites for hydroxylation is 2. The number of hydrogen-bond donors (Lipinski definition) is 1. The molecule has 0 bridgehead atoms. The van der Waals surface area contributed by atoms with Crippen molar-refractivity contribution in [3.05, 3.63) is 88.0 Å². The Kier molecular flexibility index (Phi) is 4.08. The normalized spacial score (nSPS) is 10.9. The summed E-state index contributed by atoms with van der Waals surface area (Å²) in [5, 5.41) is 7.92. The molecule has 1 amide bonds. The summed E-state index contributed by atoms with van der Waals surface area (Å²) in [5.74, 6) is -0.221. The number of fused-ring (bicyclic) bond motifs is 1. The lowest BCUT2D eigenvalue weighted by Gasteiger charge is -2.11. The minimum Gasteiger partial charge on any atom is -0.423 e. The average molecular weight is 359 g/mol. The lowest BCUT2D eigenvalue weighted by atomic mass is 10.1. The topological polar surface area (TPSA) is 77.1 Å². The van der Waals surface area contributed by atoms with Crippen molar-refractivity contribution in [1.82, 2.24) is 9.78 Å². The Bertz CT molecular complexity index is 1210. The van der Waals surface area contributed by atoms with E-state index < -0.39 is 0 Å². The summed E-state index contributed by atoms with van der Waals surface area (Å²) < 4.78 is 6.94. The number of carbonyl (C=O) groups is 1. The molecule has 0 saturated heterocycles. The maximum absolute atomic E-state index is 12.7. The molecule has 0 fully saturated rings. The van der Waals surface area contributed by atoms with Crippen molar-refractivity contribution in [3.8, 4) is 5.69 Å². The molecule has 0 aliphatic carbocycles. The highest BCUT2D eigenvalue weighted by atomic mass is 16.4. The molecule has 0 spiro atoms. The first-order valence-electron chi connectivity index (χ1n) is 8.48. The molecular weight excluding hydrogens is 342 g/mol. The zero-order valence-electron chi connectivity index (χ0n) is 14.9. The number of aromatic nitrogens is 2. The summed E-state index contributed by atoms with van der Waals surface area (Å²) in [6.07, 6.45) is 3.51. The van der Waals surface area contributed by atoms with Gasteiger partial charge in [-0.25, -0.2) is 9.48 Å². The number of nitrogens with one attached hydrogen (secondary N) is 1. The van der Waals surface area contributed by atoms with Crippen LogP contribution < -0.4 is 10.9 Å².